The zero-order valence-corrected chi connectivity index (χ0v) is 21.4. The van der Waals surface area contributed by atoms with E-state index in [2.05, 4.69) is 21.7 Å². The highest BCUT2D eigenvalue weighted by Gasteiger charge is 2.19. The predicted octanol–water partition coefficient (Wildman–Crippen LogP) is 5.96. The molecule has 1 atom stereocenters. The molecule has 6 heteroatoms. The second-order valence-corrected chi connectivity index (χ2v) is 10.6. The molecule has 2 heterocycles. The third-order valence-electron chi connectivity index (χ3n) is 7.62. The number of anilines is 1. The van der Waals surface area contributed by atoms with Gasteiger partial charge in [-0.2, -0.15) is 0 Å². The molecule has 0 bridgehead atoms. The van der Waals surface area contributed by atoms with E-state index in [1.807, 2.05) is 18.2 Å². The molecule has 0 aliphatic heterocycles. The van der Waals surface area contributed by atoms with E-state index in [9.17, 15) is 4.79 Å². The lowest BCUT2D eigenvalue weighted by Gasteiger charge is -2.25. The Morgan fingerprint density at radius 3 is 2.71 bits per heavy atom. The van der Waals surface area contributed by atoms with Crippen LogP contribution in [0.2, 0.25) is 5.02 Å². The Balaban J connectivity index is 1.02. The summed E-state index contributed by atoms with van der Waals surface area (Å²) >= 11 is 6.24. The van der Waals surface area contributed by atoms with Crippen molar-refractivity contribution in [2.24, 2.45) is 0 Å². The molecule has 35 heavy (non-hydrogen) atoms. The Bertz CT molecular complexity index is 1220. The van der Waals surface area contributed by atoms with E-state index in [1.165, 1.54) is 72.8 Å². The second kappa shape index (κ2) is 11.6. The summed E-state index contributed by atoms with van der Waals surface area (Å²) in [5.74, 6) is 0. The van der Waals surface area contributed by atoms with Gasteiger partial charge in [0.2, 0.25) is 5.56 Å². The lowest BCUT2D eigenvalue weighted by Crippen LogP contribution is -2.36. The maximum atomic E-state index is 11.5. The molecule has 5 nitrogen and oxygen atoms in total. The standard InChI is InChI=1S/C29H37ClN4O/c30-21-11-13-24-27(19-21)33-26-9-5-4-8-23(26)29(24)32-17-7-3-1-2-6-16-31-22-12-14-25-20(18-22)10-15-28(35)34-25/h10-11,13,15,19,22,31H,1-9,12,14,16-18H2,(H,32,33)(H,34,35). The Kier molecular flexibility index (Phi) is 8.05. The number of pyridine rings is 2. The van der Waals surface area contributed by atoms with Crippen molar-refractivity contribution >= 4 is 28.2 Å². The van der Waals surface area contributed by atoms with E-state index in [-0.39, 0.29) is 5.56 Å². The molecule has 2 aliphatic rings. The molecule has 5 rings (SSSR count). The fourth-order valence-corrected chi connectivity index (χ4v) is 5.89. The molecule has 1 aromatic carbocycles. The van der Waals surface area contributed by atoms with Crippen molar-refractivity contribution in [1.29, 1.82) is 0 Å². The number of hydrogen-bond donors (Lipinski definition) is 3. The SMILES string of the molecule is O=c1ccc2c([nH]1)CCC(NCCCCCCCNc1c3c(nc4cc(Cl)ccc14)CCCC3)C2. The summed E-state index contributed by atoms with van der Waals surface area (Å²) in [6.45, 7) is 2.09. The van der Waals surface area contributed by atoms with Crippen molar-refractivity contribution in [3.8, 4) is 0 Å². The first kappa shape index (κ1) is 24.3. The average Bonchev–Trinajstić information content (AvgIpc) is 2.87. The van der Waals surface area contributed by atoms with Crippen LogP contribution >= 0.6 is 11.6 Å². The summed E-state index contributed by atoms with van der Waals surface area (Å²) in [7, 11) is 0. The fourth-order valence-electron chi connectivity index (χ4n) is 5.72. The van der Waals surface area contributed by atoms with Crippen molar-refractivity contribution in [3.63, 3.8) is 0 Å². The molecule has 0 fully saturated rings. The number of aromatic nitrogens is 2. The van der Waals surface area contributed by atoms with Gasteiger partial charge in [0.1, 0.15) is 0 Å². The van der Waals surface area contributed by atoms with E-state index >= 15 is 0 Å². The fraction of sp³-hybridized carbons (Fsp3) is 0.517. The monoisotopic (exact) mass is 492 g/mol. The molecule has 1 unspecified atom stereocenters. The molecule has 2 aliphatic carbocycles. The normalized spacial score (nSPS) is 17.2. The number of aryl methyl sites for hydroxylation is 2. The molecular formula is C29H37ClN4O. The van der Waals surface area contributed by atoms with Gasteiger partial charge in [0.15, 0.2) is 0 Å². The minimum atomic E-state index is 0.0174. The highest BCUT2D eigenvalue weighted by Crippen LogP contribution is 2.34. The third-order valence-corrected chi connectivity index (χ3v) is 7.86. The van der Waals surface area contributed by atoms with Gasteiger partial charge in [0.25, 0.3) is 0 Å². The van der Waals surface area contributed by atoms with Gasteiger partial charge < -0.3 is 15.6 Å². The predicted molar refractivity (Wildman–Crippen MR) is 146 cm³/mol. The molecule has 0 saturated carbocycles. The van der Waals surface area contributed by atoms with Crippen LogP contribution in [0.4, 0.5) is 5.69 Å². The topological polar surface area (TPSA) is 69.8 Å². The van der Waals surface area contributed by atoms with Crippen LogP contribution in [0, 0.1) is 0 Å². The molecule has 0 radical (unpaired) electrons. The van der Waals surface area contributed by atoms with E-state index in [4.69, 9.17) is 16.6 Å². The van der Waals surface area contributed by atoms with Crippen molar-refractivity contribution in [2.45, 2.75) is 83.1 Å². The van der Waals surface area contributed by atoms with Crippen LogP contribution < -0.4 is 16.2 Å². The first-order valence-electron chi connectivity index (χ1n) is 13.5. The van der Waals surface area contributed by atoms with Crippen LogP contribution in [-0.4, -0.2) is 29.1 Å². The number of fused-ring (bicyclic) bond motifs is 3. The van der Waals surface area contributed by atoms with E-state index in [0.29, 0.717) is 6.04 Å². The highest BCUT2D eigenvalue weighted by atomic mass is 35.5. The smallest absolute Gasteiger partial charge is 0.248 e. The first-order chi connectivity index (χ1) is 17.2. The zero-order chi connectivity index (χ0) is 24.0. The van der Waals surface area contributed by atoms with Crippen molar-refractivity contribution in [2.75, 3.05) is 18.4 Å². The quantitative estimate of drug-likeness (QED) is 0.305. The minimum Gasteiger partial charge on any atom is -0.384 e. The largest absolute Gasteiger partial charge is 0.384 e. The summed E-state index contributed by atoms with van der Waals surface area (Å²) in [5.41, 5.74) is 7.44. The number of hydrogen-bond acceptors (Lipinski definition) is 4. The number of benzene rings is 1. The molecule has 3 N–H and O–H groups in total. The molecule has 3 aromatic rings. The maximum Gasteiger partial charge on any atom is 0.248 e. The summed E-state index contributed by atoms with van der Waals surface area (Å²) < 4.78 is 0. The number of H-pyrrole nitrogens is 1. The zero-order valence-electron chi connectivity index (χ0n) is 20.6. The average molecular weight is 493 g/mol. The number of unbranched alkanes of at least 4 members (excludes halogenated alkanes) is 4. The third kappa shape index (κ3) is 6.07. The number of nitrogens with zero attached hydrogens (tertiary/aromatic N) is 1. The van der Waals surface area contributed by atoms with Crippen LogP contribution in [0.25, 0.3) is 10.9 Å². The van der Waals surface area contributed by atoms with Gasteiger partial charge in [-0.15, -0.1) is 0 Å². The van der Waals surface area contributed by atoms with Crippen LogP contribution in [0.15, 0.2) is 35.1 Å². The lowest BCUT2D eigenvalue weighted by atomic mass is 9.92. The molecule has 0 amide bonds. The Morgan fingerprint density at radius 2 is 1.80 bits per heavy atom. The van der Waals surface area contributed by atoms with E-state index in [1.54, 1.807) is 6.07 Å². The van der Waals surface area contributed by atoms with Crippen molar-refractivity contribution in [3.05, 3.63) is 68.2 Å². The van der Waals surface area contributed by atoms with Gasteiger partial charge in [-0.1, -0.05) is 36.9 Å². The number of aromatic amines is 1. The number of nitrogens with one attached hydrogen (secondary N) is 3. The number of halogens is 1. The van der Waals surface area contributed by atoms with E-state index in [0.717, 1.165) is 61.4 Å². The van der Waals surface area contributed by atoms with Crippen LogP contribution in [0.5, 0.6) is 0 Å². The Hall–Kier alpha value is -2.37. The van der Waals surface area contributed by atoms with Crippen LogP contribution in [0.1, 0.15) is 73.9 Å². The second-order valence-electron chi connectivity index (χ2n) is 10.2. The summed E-state index contributed by atoms with van der Waals surface area (Å²) in [6, 6.07) is 10.3. The molecule has 186 valence electrons. The summed E-state index contributed by atoms with van der Waals surface area (Å²) in [5, 5.41) is 9.47. The molecule has 2 aromatic heterocycles. The summed E-state index contributed by atoms with van der Waals surface area (Å²) in [4.78, 5) is 19.4. The first-order valence-corrected chi connectivity index (χ1v) is 13.8. The van der Waals surface area contributed by atoms with Gasteiger partial charge in [-0.25, -0.2) is 0 Å². The van der Waals surface area contributed by atoms with Gasteiger partial charge in [0.05, 0.1) is 5.52 Å². The number of rotatable bonds is 10. The molecular weight excluding hydrogens is 456 g/mol. The van der Waals surface area contributed by atoms with Crippen LogP contribution in [-0.2, 0) is 25.7 Å². The lowest BCUT2D eigenvalue weighted by molar-refractivity contribution is 0.443. The van der Waals surface area contributed by atoms with E-state index < -0.39 is 0 Å². The van der Waals surface area contributed by atoms with Gasteiger partial charge in [0, 0.05) is 46.1 Å². The van der Waals surface area contributed by atoms with Crippen LogP contribution in [0.3, 0.4) is 0 Å². The minimum absolute atomic E-state index is 0.0174. The van der Waals surface area contributed by atoms with Gasteiger partial charge >= 0.3 is 0 Å². The van der Waals surface area contributed by atoms with Gasteiger partial charge in [-0.3, -0.25) is 9.78 Å². The van der Waals surface area contributed by atoms with Crippen molar-refractivity contribution < 1.29 is 0 Å². The molecule has 0 saturated heterocycles. The van der Waals surface area contributed by atoms with Gasteiger partial charge in [-0.05, 0) is 93.7 Å². The highest BCUT2D eigenvalue weighted by molar-refractivity contribution is 6.31. The summed E-state index contributed by atoms with van der Waals surface area (Å²) in [6.07, 6.45) is 14.0. The Labute approximate surface area is 213 Å². The molecule has 0 spiro atoms. The Morgan fingerprint density at radius 1 is 0.971 bits per heavy atom. The maximum absolute atomic E-state index is 11.5. The van der Waals surface area contributed by atoms with Crippen molar-refractivity contribution in [1.82, 2.24) is 15.3 Å².